The van der Waals surface area contributed by atoms with E-state index in [1.807, 2.05) is 54.6 Å². The molecular weight excluding hydrogens is 336 g/mol. The summed E-state index contributed by atoms with van der Waals surface area (Å²) in [4.78, 5) is 19.6. The summed E-state index contributed by atoms with van der Waals surface area (Å²) in [7, 11) is 0. The fourth-order valence-electron chi connectivity index (χ4n) is 2.53. The summed E-state index contributed by atoms with van der Waals surface area (Å²) in [6, 6.07) is 19.3. The maximum absolute atomic E-state index is 11.6. The van der Waals surface area contributed by atoms with E-state index in [1.54, 1.807) is 12.3 Å². The normalized spacial score (nSPS) is 11.7. The third-order valence-corrected chi connectivity index (χ3v) is 3.99. The molecule has 0 radical (unpaired) electrons. The van der Waals surface area contributed by atoms with Gasteiger partial charge in [-0.3, -0.25) is 0 Å². The number of carbonyl (C=O) groups excluding carboxylic acids is 1. The second-order valence-corrected chi connectivity index (χ2v) is 5.95. The van der Waals surface area contributed by atoms with Gasteiger partial charge in [-0.25, -0.2) is 9.97 Å². The van der Waals surface area contributed by atoms with Crippen LogP contribution in [0, 0.1) is 0 Å². The lowest BCUT2D eigenvalue weighted by Gasteiger charge is -2.13. The lowest BCUT2D eigenvalue weighted by Crippen LogP contribution is -2.06. The highest BCUT2D eigenvalue weighted by Crippen LogP contribution is 2.23. The van der Waals surface area contributed by atoms with Crippen LogP contribution in [-0.2, 0) is 17.8 Å². The lowest BCUT2D eigenvalue weighted by atomic mass is 9.95. The van der Waals surface area contributed by atoms with Crippen molar-refractivity contribution in [1.82, 2.24) is 9.97 Å². The van der Waals surface area contributed by atoms with Crippen LogP contribution in [0.25, 0.3) is 0 Å². The van der Waals surface area contributed by atoms with E-state index in [2.05, 4.69) is 9.97 Å². The van der Waals surface area contributed by atoms with Crippen molar-refractivity contribution in [3.63, 3.8) is 0 Å². The summed E-state index contributed by atoms with van der Waals surface area (Å²) >= 11 is 5.81. The molecule has 1 aromatic heterocycles. The van der Waals surface area contributed by atoms with Crippen molar-refractivity contribution >= 4 is 17.9 Å². The van der Waals surface area contributed by atoms with Crippen LogP contribution in [0.1, 0.15) is 22.7 Å². The molecular formula is C20H17ClN2O2. The standard InChI is InChI=1S/C20H17ClN2O2/c21-20-22-10-9-18(23-20)11-17(13-24)16-7-4-8-19(12-16)25-14-15-5-2-1-3-6-15/h1-10,12-13,17H,11,14H2. The van der Waals surface area contributed by atoms with Crippen LogP contribution in [0.4, 0.5) is 0 Å². The zero-order valence-electron chi connectivity index (χ0n) is 13.5. The molecule has 3 aromatic rings. The average molecular weight is 353 g/mol. The van der Waals surface area contributed by atoms with Crippen LogP contribution in [0.15, 0.2) is 66.9 Å². The van der Waals surface area contributed by atoms with E-state index in [-0.39, 0.29) is 11.2 Å². The van der Waals surface area contributed by atoms with Gasteiger partial charge in [-0.2, -0.15) is 0 Å². The molecule has 0 spiro atoms. The summed E-state index contributed by atoms with van der Waals surface area (Å²) in [5, 5.41) is 0.182. The van der Waals surface area contributed by atoms with Crippen LogP contribution >= 0.6 is 11.6 Å². The van der Waals surface area contributed by atoms with E-state index in [0.717, 1.165) is 28.9 Å². The first-order valence-corrected chi connectivity index (χ1v) is 8.32. The minimum absolute atomic E-state index is 0.182. The minimum atomic E-state index is -0.314. The third-order valence-electron chi connectivity index (χ3n) is 3.81. The van der Waals surface area contributed by atoms with E-state index in [9.17, 15) is 4.79 Å². The Labute approximate surface area is 151 Å². The number of ether oxygens (including phenoxy) is 1. The van der Waals surface area contributed by atoms with Crippen LogP contribution in [0.5, 0.6) is 5.75 Å². The molecule has 0 saturated carbocycles. The fourth-order valence-corrected chi connectivity index (χ4v) is 2.69. The van der Waals surface area contributed by atoms with Crippen LogP contribution in [0.3, 0.4) is 0 Å². The Hall–Kier alpha value is -2.72. The van der Waals surface area contributed by atoms with Crippen molar-refractivity contribution < 1.29 is 9.53 Å². The Balaban J connectivity index is 1.71. The van der Waals surface area contributed by atoms with Crippen molar-refractivity contribution in [1.29, 1.82) is 0 Å². The van der Waals surface area contributed by atoms with Gasteiger partial charge in [-0.1, -0.05) is 42.5 Å². The summed E-state index contributed by atoms with van der Waals surface area (Å²) in [5.74, 6) is 0.417. The first-order chi connectivity index (χ1) is 12.2. The Morgan fingerprint density at radius 1 is 1.08 bits per heavy atom. The van der Waals surface area contributed by atoms with E-state index in [0.29, 0.717) is 13.0 Å². The predicted molar refractivity (Wildman–Crippen MR) is 96.8 cm³/mol. The topological polar surface area (TPSA) is 52.1 Å². The first-order valence-electron chi connectivity index (χ1n) is 7.94. The summed E-state index contributed by atoms with van der Waals surface area (Å²) in [6.45, 7) is 0.484. The average Bonchev–Trinajstić information content (AvgIpc) is 2.65. The molecule has 0 bridgehead atoms. The lowest BCUT2D eigenvalue weighted by molar-refractivity contribution is -0.109. The first kappa shape index (κ1) is 17.1. The molecule has 0 saturated heterocycles. The molecule has 1 heterocycles. The van der Waals surface area contributed by atoms with Gasteiger partial charge in [0.25, 0.3) is 0 Å². The Kier molecular flexibility index (Phi) is 5.75. The van der Waals surface area contributed by atoms with Crippen molar-refractivity contribution in [2.75, 3.05) is 0 Å². The Morgan fingerprint density at radius 2 is 1.92 bits per heavy atom. The maximum atomic E-state index is 11.6. The van der Waals surface area contributed by atoms with Gasteiger partial charge in [-0.05, 0) is 40.9 Å². The summed E-state index contributed by atoms with van der Waals surface area (Å²) < 4.78 is 5.83. The van der Waals surface area contributed by atoms with Gasteiger partial charge in [0.2, 0.25) is 5.28 Å². The van der Waals surface area contributed by atoms with E-state index >= 15 is 0 Å². The molecule has 1 unspecified atom stereocenters. The smallest absolute Gasteiger partial charge is 0.222 e. The molecule has 0 N–H and O–H groups in total. The van der Waals surface area contributed by atoms with Gasteiger partial charge in [0.15, 0.2) is 0 Å². The number of hydrogen-bond acceptors (Lipinski definition) is 4. The van der Waals surface area contributed by atoms with Crippen molar-refractivity contribution in [2.45, 2.75) is 18.9 Å². The van der Waals surface area contributed by atoms with E-state index in [4.69, 9.17) is 16.3 Å². The van der Waals surface area contributed by atoms with Gasteiger partial charge < -0.3 is 9.53 Å². The number of carbonyl (C=O) groups is 1. The second kappa shape index (κ2) is 8.40. The zero-order valence-corrected chi connectivity index (χ0v) is 14.3. The maximum Gasteiger partial charge on any atom is 0.222 e. The largest absolute Gasteiger partial charge is 0.489 e. The van der Waals surface area contributed by atoms with E-state index in [1.165, 1.54) is 0 Å². The number of hydrogen-bond donors (Lipinski definition) is 0. The molecule has 0 aliphatic carbocycles. The molecule has 0 amide bonds. The summed E-state index contributed by atoms with van der Waals surface area (Å²) in [6.07, 6.45) is 2.98. The third kappa shape index (κ3) is 4.88. The molecule has 3 rings (SSSR count). The molecule has 0 aliphatic rings. The van der Waals surface area contributed by atoms with Crippen LogP contribution < -0.4 is 4.74 Å². The molecule has 1 atom stereocenters. The number of rotatable bonds is 7. The van der Waals surface area contributed by atoms with Gasteiger partial charge >= 0.3 is 0 Å². The molecule has 4 nitrogen and oxygen atoms in total. The molecule has 0 fully saturated rings. The molecule has 126 valence electrons. The number of benzene rings is 2. The quantitative estimate of drug-likeness (QED) is 0.471. The molecule has 5 heteroatoms. The SMILES string of the molecule is O=CC(Cc1ccnc(Cl)n1)c1cccc(OCc2ccccc2)c1. The van der Waals surface area contributed by atoms with Gasteiger partial charge in [0.05, 0.1) is 0 Å². The highest BCUT2D eigenvalue weighted by Gasteiger charge is 2.13. The number of aldehydes is 1. The Morgan fingerprint density at radius 3 is 2.68 bits per heavy atom. The monoisotopic (exact) mass is 352 g/mol. The number of halogens is 1. The van der Waals surface area contributed by atoms with Crippen molar-refractivity contribution in [2.24, 2.45) is 0 Å². The summed E-state index contributed by atoms with van der Waals surface area (Å²) in [5.41, 5.74) is 2.71. The second-order valence-electron chi connectivity index (χ2n) is 5.61. The van der Waals surface area contributed by atoms with Gasteiger partial charge in [0, 0.05) is 24.2 Å². The minimum Gasteiger partial charge on any atom is -0.489 e. The van der Waals surface area contributed by atoms with Gasteiger partial charge in [-0.15, -0.1) is 0 Å². The zero-order chi connectivity index (χ0) is 17.5. The van der Waals surface area contributed by atoms with E-state index < -0.39 is 0 Å². The van der Waals surface area contributed by atoms with Crippen LogP contribution in [0.2, 0.25) is 5.28 Å². The Bertz CT molecular complexity index is 840. The molecule has 0 aliphatic heterocycles. The molecule has 2 aromatic carbocycles. The fraction of sp³-hybridized carbons (Fsp3) is 0.150. The molecule has 25 heavy (non-hydrogen) atoms. The van der Waals surface area contributed by atoms with Gasteiger partial charge in [0.1, 0.15) is 18.6 Å². The van der Waals surface area contributed by atoms with Crippen LogP contribution in [-0.4, -0.2) is 16.3 Å². The number of aromatic nitrogens is 2. The predicted octanol–water partition coefficient (Wildman–Crippen LogP) is 4.23. The van der Waals surface area contributed by atoms with Crippen molar-refractivity contribution in [3.8, 4) is 5.75 Å². The van der Waals surface area contributed by atoms with Crippen molar-refractivity contribution in [3.05, 3.63) is 89.0 Å². The highest BCUT2D eigenvalue weighted by atomic mass is 35.5. The highest BCUT2D eigenvalue weighted by molar-refractivity contribution is 6.28. The number of nitrogens with zero attached hydrogens (tertiary/aromatic N) is 2.